The van der Waals surface area contributed by atoms with Gasteiger partial charge in [0.05, 0.1) is 5.56 Å². The molecular weight excluding hydrogens is 261 g/mol. The van der Waals surface area contributed by atoms with Gasteiger partial charge in [0.1, 0.15) is 11.5 Å². The number of nitrogens with two attached hydrogens (primary N) is 1. The number of hydrogen-bond acceptors (Lipinski definition) is 4. The van der Waals surface area contributed by atoms with Gasteiger partial charge in [0.15, 0.2) is 0 Å². The highest BCUT2D eigenvalue weighted by atomic mass is 19.1. The first-order valence-corrected chi connectivity index (χ1v) is 5.86. The van der Waals surface area contributed by atoms with E-state index in [0.29, 0.717) is 22.4 Å². The van der Waals surface area contributed by atoms with Crippen LogP contribution >= 0.6 is 0 Å². The highest BCUT2D eigenvalue weighted by molar-refractivity contribution is 5.86. The van der Waals surface area contributed by atoms with Gasteiger partial charge in [-0.15, -0.1) is 0 Å². The van der Waals surface area contributed by atoms with Crippen LogP contribution in [0.3, 0.4) is 0 Å². The summed E-state index contributed by atoms with van der Waals surface area (Å²) in [5.74, 6) is -0.399. The molecule has 0 unspecified atom stereocenters. The van der Waals surface area contributed by atoms with Gasteiger partial charge in [-0.05, 0) is 12.1 Å². The highest BCUT2D eigenvalue weighted by Gasteiger charge is 2.19. The number of nitrogen functional groups attached to an aromatic ring is 1. The Labute approximate surface area is 112 Å². The summed E-state index contributed by atoms with van der Waals surface area (Å²) in [6, 6.07) is 9.13. The second-order valence-corrected chi connectivity index (χ2v) is 4.19. The zero-order chi connectivity index (χ0) is 14.1. The maximum absolute atomic E-state index is 13.9. The van der Waals surface area contributed by atoms with Crippen LogP contribution in [0.4, 0.5) is 10.3 Å². The second-order valence-electron chi connectivity index (χ2n) is 4.19. The summed E-state index contributed by atoms with van der Waals surface area (Å²) in [6.07, 6.45) is 1.48. The molecule has 3 aromatic rings. The molecule has 0 saturated carbocycles. The van der Waals surface area contributed by atoms with Gasteiger partial charge in [0, 0.05) is 23.4 Å². The number of benzene rings is 1. The number of halogens is 1. The van der Waals surface area contributed by atoms with E-state index in [2.05, 4.69) is 10.1 Å². The summed E-state index contributed by atoms with van der Waals surface area (Å²) in [4.78, 5) is 13.6. The molecule has 3 rings (SSSR count). The maximum Gasteiger partial charge on any atom is 0.247 e. The fraction of sp³-hybridized carbons (Fsp3) is 0. The topological polar surface area (TPSA) is 84.9 Å². The van der Waals surface area contributed by atoms with Gasteiger partial charge < -0.3 is 15.2 Å². The predicted molar refractivity (Wildman–Crippen MR) is 72.4 cm³/mol. The van der Waals surface area contributed by atoms with E-state index in [0.717, 1.165) is 0 Å². The third-order valence-corrected chi connectivity index (χ3v) is 2.92. The van der Waals surface area contributed by atoms with E-state index in [1.165, 1.54) is 18.3 Å². The highest BCUT2D eigenvalue weighted by Crippen LogP contribution is 2.36. The van der Waals surface area contributed by atoms with Crippen LogP contribution in [0.25, 0.3) is 22.4 Å². The second kappa shape index (κ2) is 4.65. The van der Waals surface area contributed by atoms with Crippen molar-refractivity contribution in [1.29, 1.82) is 0 Å². The van der Waals surface area contributed by atoms with Crippen molar-refractivity contribution in [1.82, 2.24) is 10.1 Å². The molecule has 0 aliphatic rings. The van der Waals surface area contributed by atoms with Crippen molar-refractivity contribution in [2.45, 2.75) is 0 Å². The average molecular weight is 271 g/mol. The number of rotatable bonds is 2. The lowest BCUT2D eigenvalue weighted by Gasteiger charge is -2.03. The van der Waals surface area contributed by atoms with Crippen LogP contribution in [0, 0.1) is 5.82 Å². The first kappa shape index (κ1) is 12.2. The zero-order valence-electron chi connectivity index (χ0n) is 10.3. The summed E-state index contributed by atoms with van der Waals surface area (Å²) < 4.78 is 18.9. The number of hydrogen-bond donors (Lipinski definition) is 2. The lowest BCUT2D eigenvalue weighted by Crippen LogP contribution is -2.01. The van der Waals surface area contributed by atoms with E-state index in [4.69, 9.17) is 10.3 Å². The number of H-pyrrole nitrogens is 1. The fourth-order valence-corrected chi connectivity index (χ4v) is 1.98. The van der Waals surface area contributed by atoms with Gasteiger partial charge in [0.2, 0.25) is 11.4 Å². The Morgan fingerprint density at radius 2 is 2.00 bits per heavy atom. The molecule has 5 nitrogen and oxygen atoms in total. The van der Waals surface area contributed by atoms with Crippen LogP contribution in [0.1, 0.15) is 0 Å². The van der Waals surface area contributed by atoms with E-state index in [-0.39, 0.29) is 11.4 Å². The van der Waals surface area contributed by atoms with Gasteiger partial charge in [-0.1, -0.05) is 23.4 Å². The quantitative estimate of drug-likeness (QED) is 0.749. The molecule has 0 aliphatic heterocycles. The number of nitrogens with one attached hydrogen (secondary N) is 1. The number of nitrogens with zero attached hydrogens (tertiary/aromatic N) is 1. The smallest absolute Gasteiger partial charge is 0.247 e. The standard InChI is InChI=1S/C14H10FN3O2/c15-10-4-2-1-3-9(10)12-13(18-20-14(12)16)8-5-6-11(19)17-7-8/h1-7H,16H2,(H,17,19). The molecule has 0 fully saturated rings. The third kappa shape index (κ3) is 1.97. The summed E-state index contributed by atoms with van der Waals surface area (Å²) in [5.41, 5.74) is 7.14. The molecule has 3 N–H and O–H groups in total. The fourth-order valence-electron chi connectivity index (χ4n) is 1.98. The number of pyridine rings is 1. The van der Waals surface area contributed by atoms with Crippen molar-refractivity contribution in [3.63, 3.8) is 0 Å². The van der Waals surface area contributed by atoms with Crippen LogP contribution in [-0.2, 0) is 0 Å². The van der Waals surface area contributed by atoms with E-state index in [1.54, 1.807) is 24.3 Å². The van der Waals surface area contributed by atoms with Crippen molar-refractivity contribution in [2.24, 2.45) is 0 Å². The summed E-state index contributed by atoms with van der Waals surface area (Å²) in [7, 11) is 0. The Balaban J connectivity index is 2.23. The lowest BCUT2D eigenvalue weighted by molar-refractivity contribution is 0.439. The Morgan fingerprint density at radius 1 is 1.20 bits per heavy atom. The minimum atomic E-state index is -0.423. The first-order chi connectivity index (χ1) is 9.66. The van der Waals surface area contributed by atoms with Crippen molar-refractivity contribution >= 4 is 5.88 Å². The van der Waals surface area contributed by atoms with Gasteiger partial charge in [0.25, 0.3) is 0 Å². The Hall–Kier alpha value is -2.89. The van der Waals surface area contributed by atoms with Crippen molar-refractivity contribution in [3.8, 4) is 22.4 Å². The largest absolute Gasteiger partial charge is 0.367 e. The lowest BCUT2D eigenvalue weighted by atomic mass is 10.0. The zero-order valence-corrected chi connectivity index (χ0v) is 10.3. The predicted octanol–water partition coefficient (Wildman–Crippen LogP) is 2.42. The maximum atomic E-state index is 13.9. The summed E-state index contributed by atoms with van der Waals surface area (Å²) in [5, 5.41) is 3.84. The number of aromatic amines is 1. The molecular formula is C14H10FN3O2. The monoisotopic (exact) mass is 271 g/mol. The molecule has 100 valence electrons. The Kier molecular flexibility index (Phi) is 2.83. The van der Waals surface area contributed by atoms with Gasteiger partial charge in [-0.25, -0.2) is 4.39 Å². The molecule has 0 aliphatic carbocycles. The molecule has 0 atom stereocenters. The van der Waals surface area contributed by atoms with Crippen molar-refractivity contribution in [3.05, 3.63) is 58.8 Å². The molecule has 0 spiro atoms. The SMILES string of the molecule is Nc1onc(-c2ccc(=O)[nH]c2)c1-c1ccccc1F. The van der Waals surface area contributed by atoms with Crippen molar-refractivity contribution in [2.75, 3.05) is 5.73 Å². The van der Waals surface area contributed by atoms with Crippen molar-refractivity contribution < 1.29 is 8.91 Å². The van der Waals surface area contributed by atoms with Gasteiger partial charge >= 0.3 is 0 Å². The van der Waals surface area contributed by atoms with Crippen LogP contribution in [-0.4, -0.2) is 10.1 Å². The molecule has 0 radical (unpaired) electrons. The molecule has 1 aromatic carbocycles. The molecule has 2 aromatic heterocycles. The Morgan fingerprint density at radius 3 is 2.70 bits per heavy atom. The van der Waals surface area contributed by atoms with Crippen LogP contribution < -0.4 is 11.3 Å². The molecule has 6 heteroatoms. The minimum Gasteiger partial charge on any atom is -0.367 e. The van der Waals surface area contributed by atoms with Crippen LogP contribution in [0.2, 0.25) is 0 Å². The van der Waals surface area contributed by atoms with E-state index in [1.807, 2.05) is 0 Å². The van der Waals surface area contributed by atoms with Gasteiger partial charge in [-0.2, -0.15) is 0 Å². The molecule has 0 bridgehead atoms. The molecule has 0 amide bonds. The average Bonchev–Trinajstić information content (AvgIpc) is 2.82. The summed E-state index contributed by atoms with van der Waals surface area (Å²) in [6.45, 7) is 0. The van der Waals surface area contributed by atoms with E-state index < -0.39 is 5.82 Å². The normalized spacial score (nSPS) is 10.7. The third-order valence-electron chi connectivity index (χ3n) is 2.92. The van der Waals surface area contributed by atoms with Gasteiger partial charge in [-0.3, -0.25) is 4.79 Å². The van der Waals surface area contributed by atoms with Crippen LogP contribution in [0.5, 0.6) is 0 Å². The van der Waals surface area contributed by atoms with E-state index >= 15 is 0 Å². The Bertz CT molecular complexity index is 803. The minimum absolute atomic E-state index is 0.0244. The molecule has 20 heavy (non-hydrogen) atoms. The number of aromatic nitrogens is 2. The first-order valence-electron chi connectivity index (χ1n) is 5.86. The molecule has 2 heterocycles. The molecule has 0 saturated heterocycles. The summed E-state index contributed by atoms with van der Waals surface area (Å²) >= 11 is 0. The van der Waals surface area contributed by atoms with E-state index in [9.17, 15) is 9.18 Å². The number of anilines is 1. The van der Waals surface area contributed by atoms with Crippen LogP contribution in [0.15, 0.2) is 51.9 Å².